The Labute approximate surface area is 110 Å². The van der Waals surface area contributed by atoms with Crippen LogP contribution in [-0.2, 0) is 0 Å². The van der Waals surface area contributed by atoms with Gasteiger partial charge in [0.25, 0.3) is 5.56 Å². The highest BCUT2D eigenvalue weighted by molar-refractivity contribution is 5.77. The van der Waals surface area contributed by atoms with Gasteiger partial charge in [0.2, 0.25) is 0 Å². The Morgan fingerprint density at radius 1 is 1.32 bits per heavy atom. The summed E-state index contributed by atoms with van der Waals surface area (Å²) in [5, 5.41) is 0.362. The van der Waals surface area contributed by atoms with Crippen LogP contribution in [0.25, 0.3) is 10.9 Å². The lowest BCUT2D eigenvalue weighted by molar-refractivity contribution is 0.218. The molecule has 0 unspecified atom stereocenters. The van der Waals surface area contributed by atoms with Gasteiger partial charge < -0.3 is 4.90 Å². The quantitative estimate of drug-likeness (QED) is 0.785. The van der Waals surface area contributed by atoms with Gasteiger partial charge in [0, 0.05) is 6.04 Å². The van der Waals surface area contributed by atoms with E-state index in [0.717, 1.165) is 25.9 Å². The predicted octanol–water partition coefficient (Wildman–Crippen LogP) is 1.80. The smallest absolute Gasteiger partial charge is 0.261 e. The van der Waals surface area contributed by atoms with Crippen LogP contribution >= 0.6 is 0 Å². The number of hydrogen-bond acceptors (Lipinski definition) is 3. The number of aromatic nitrogens is 2. The molecule has 0 atom stereocenters. The molecule has 19 heavy (non-hydrogen) atoms. The van der Waals surface area contributed by atoms with Crippen molar-refractivity contribution < 1.29 is 4.39 Å². The summed E-state index contributed by atoms with van der Waals surface area (Å²) in [6.07, 6.45) is 3.35. The predicted molar refractivity (Wildman–Crippen MR) is 71.7 cm³/mol. The molecule has 1 aromatic carbocycles. The Bertz CT molecular complexity index is 659. The van der Waals surface area contributed by atoms with Crippen LogP contribution in [0.5, 0.6) is 0 Å². The summed E-state index contributed by atoms with van der Waals surface area (Å²) < 4.78 is 15.2. The lowest BCUT2D eigenvalue weighted by atomic mass is 10.1. The van der Waals surface area contributed by atoms with Crippen LogP contribution in [0.4, 0.5) is 4.39 Å². The van der Waals surface area contributed by atoms with E-state index in [9.17, 15) is 9.18 Å². The molecule has 3 rings (SSSR count). The minimum Gasteiger partial charge on any atom is -0.306 e. The molecule has 5 heteroatoms. The van der Waals surface area contributed by atoms with Gasteiger partial charge in [-0.25, -0.2) is 9.37 Å². The minimum absolute atomic E-state index is 0.140. The van der Waals surface area contributed by atoms with E-state index in [2.05, 4.69) is 16.9 Å². The normalized spacial score (nSPS) is 18.0. The fraction of sp³-hybridized carbons (Fsp3) is 0.429. The largest absolute Gasteiger partial charge is 0.306 e. The van der Waals surface area contributed by atoms with Crippen LogP contribution in [-0.4, -0.2) is 34.6 Å². The zero-order valence-corrected chi connectivity index (χ0v) is 10.8. The van der Waals surface area contributed by atoms with Crippen molar-refractivity contribution in [1.29, 1.82) is 0 Å². The third-order valence-electron chi connectivity index (χ3n) is 3.84. The monoisotopic (exact) mass is 261 g/mol. The summed E-state index contributed by atoms with van der Waals surface area (Å²) in [6, 6.07) is 4.69. The molecular weight excluding hydrogens is 245 g/mol. The maximum Gasteiger partial charge on any atom is 0.261 e. The summed E-state index contributed by atoms with van der Waals surface area (Å²) in [7, 11) is 2.08. The van der Waals surface area contributed by atoms with Crippen molar-refractivity contribution in [3.05, 3.63) is 40.7 Å². The van der Waals surface area contributed by atoms with E-state index < -0.39 is 5.82 Å². The molecule has 0 amide bonds. The van der Waals surface area contributed by atoms with Crippen molar-refractivity contribution in [1.82, 2.24) is 14.5 Å². The fourth-order valence-electron chi connectivity index (χ4n) is 2.66. The van der Waals surface area contributed by atoms with Crippen molar-refractivity contribution in [2.24, 2.45) is 0 Å². The van der Waals surface area contributed by atoms with Gasteiger partial charge >= 0.3 is 0 Å². The van der Waals surface area contributed by atoms with E-state index in [1.165, 1.54) is 12.4 Å². The molecule has 1 aliphatic heterocycles. The maximum atomic E-state index is 13.6. The minimum atomic E-state index is -0.440. The van der Waals surface area contributed by atoms with Crippen molar-refractivity contribution in [2.75, 3.05) is 20.1 Å². The molecule has 0 aliphatic carbocycles. The number of nitrogens with zero attached hydrogens (tertiary/aromatic N) is 3. The first kappa shape index (κ1) is 12.3. The second-order valence-electron chi connectivity index (χ2n) is 5.13. The molecule has 2 aromatic rings. The van der Waals surface area contributed by atoms with Gasteiger partial charge in [-0.2, -0.15) is 0 Å². The lowest BCUT2D eigenvalue weighted by Gasteiger charge is -2.29. The number of fused-ring (bicyclic) bond motifs is 1. The van der Waals surface area contributed by atoms with E-state index in [0.29, 0.717) is 5.39 Å². The molecule has 1 aromatic heterocycles. The van der Waals surface area contributed by atoms with Gasteiger partial charge in [-0.05, 0) is 45.1 Å². The Morgan fingerprint density at radius 2 is 2.05 bits per heavy atom. The van der Waals surface area contributed by atoms with Crippen molar-refractivity contribution in [3.63, 3.8) is 0 Å². The lowest BCUT2D eigenvalue weighted by Crippen LogP contribution is -2.35. The van der Waals surface area contributed by atoms with E-state index in [4.69, 9.17) is 0 Å². The Kier molecular flexibility index (Phi) is 3.06. The summed E-state index contributed by atoms with van der Waals surface area (Å²) in [4.78, 5) is 18.8. The van der Waals surface area contributed by atoms with E-state index in [1.807, 2.05) is 0 Å². The Hall–Kier alpha value is -1.75. The molecule has 4 nitrogen and oxygen atoms in total. The Balaban J connectivity index is 2.06. The van der Waals surface area contributed by atoms with Gasteiger partial charge in [-0.15, -0.1) is 0 Å². The number of para-hydroxylation sites is 1. The molecule has 100 valence electrons. The van der Waals surface area contributed by atoms with Crippen LogP contribution < -0.4 is 5.56 Å². The third-order valence-corrected chi connectivity index (χ3v) is 3.84. The highest BCUT2D eigenvalue weighted by Gasteiger charge is 2.20. The molecule has 1 saturated heterocycles. The fourth-order valence-corrected chi connectivity index (χ4v) is 2.66. The molecule has 0 spiro atoms. The van der Waals surface area contributed by atoms with Gasteiger partial charge in [-0.3, -0.25) is 9.36 Å². The third kappa shape index (κ3) is 2.14. The topological polar surface area (TPSA) is 38.1 Å². The van der Waals surface area contributed by atoms with Crippen LogP contribution in [0.15, 0.2) is 29.3 Å². The van der Waals surface area contributed by atoms with Gasteiger partial charge in [0.1, 0.15) is 11.3 Å². The van der Waals surface area contributed by atoms with Gasteiger partial charge in [0.15, 0.2) is 0 Å². The van der Waals surface area contributed by atoms with Crippen molar-refractivity contribution in [3.8, 4) is 0 Å². The number of rotatable bonds is 1. The van der Waals surface area contributed by atoms with Crippen LogP contribution in [0, 0.1) is 5.82 Å². The molecular formula is C14H16FN3O. The molecule has 1 aliphatic rings. The van der Waals surface area contributed by atoms with E-state index in [-0.39, 0.29) is 17.1 Å². The summed E-state index contributed by atoms with van der Waals surface area (Å²) in [5.74, 6) is -0.440. The first-order valence-corrected chi connectivity index (χ1v) is 6.51. The maximum absolute atomic E-state index is 13.6. The van der Waals surface area contributed by atoms with Gasteiger partial charge in [-0.1, -0.05) is 6.07 Å². The molecule has 0 radical (unpaired) electrons. The first-order valence-electron chi connectivity index (χ1n) is 6.51. The molecule has 0 N–H and O–H groups in total. The average molecular weight is 261 g/mol. The second kappa shape index (κ2) is 4.74. The van der Waals surface area contributed by atoms with Crippen molar-refractivity contribution >= 4 is 10.9 Å². The second-order valence-corrected chi connectivity index (χ2v) is 5.13. The number of benzene rings is 1. The molecule has 0 bridgehead atoms. The summed E-state index contributed by atoms with van der Waals surface area (Å²) in [6.45, 7) is 1.94. The zero-order valence-electron chi connectivity index (χ0n) is 10.8. The number of likely N-dealkylation sites (tertiary alicyclic amines) is 1. The summed E-state index contributed by atoms with van der Waals surface area (Å²) in [5.41, 5.74) is 0.0238. The highest BCUT2D eigenvalue weighted by atomic mass is 19.1. The molecule has 1 fully saturated rings. The highest BCUT2D eigenvalue weighted by Crippen LogP contribution is 2.20. The van der Waals surface area contributed by atoms with E-state index >= 15 is 0 Å². The first-order chi connectivity index (χ1) is 9.16. The molecule has 0 saturated carbocycles. The van der Waals surface area contributed by atoms with Gasteiger partial charge in [0.05, 0.1) is 11.7 Å². The van der Waals surface area contributed by atoms with Crippen LogP contribution in [0.3, 0.4) is 0 Å². The zero-order chi connectivity index (χ0) is 13.4. The van der Waals surface area contributed by atoms with E-state index in [1.54, 1.807) is 16.7 Å². The standard InChI is InChI=1S/C14H16FN3O/c1-17-7-5-10(6-8-17)18-9-16-13-11(14(18)19)3-2-4-12(13)15/h2-4,9-10H,5-8H2,1H3. The Morgan fingerprint density at radius 3 is 2.79 bits per heavy atom. The average Bonchev–Trinajstić information content (AvgIpc) is 2.42. The van der Waals surface area contributed by atoms with Crippen LogP contribution in [0.1, 0.15) is 18.9 Å². The summed E-state index contributed by atoms with van der Waals surface area (Å²) >= 11 is 0. The number of piperidine rings is 1. The van der Waals surface area contributed by atoms with Crippen molar-refractivity contribution in [2.45, 2.75) is 18.9 Å². The number of halogens is 1. The number of hydrogen-bond donors (Lipinski definition) is 0. The SMILES string of the molecule is CN1CCC(n2cnc3c(F)cccc3c2=O)CC1. The van der Waals surface area contributed by atoms with Crippen LogP contribution in [0.2, 0.25) is 0 Å². The molecule has 2 heterocycles.